The Labute approximate surface area is 151 Å². The highest BCUT2D eigenvalue weighted by atomic mass is 127. The number of nitrogens with zero attached hydrogens (tertiary/aromatic N) is 1. The van der Waals surface area contributed by atoms with Crippen molar-refractivity contribution in [3.8, 4) is 0 Å². The Bertz CT molecular complexity index is 391. The van der Waals surface area contributed by atoms with E-state index < -0.39 is 0 Å². The van der Waals surface area contributed by atoms with Crippen LogP contribution in [0.4, 0.5) is 0 Å². The van der Waals surface area contributed by atoms with E-state index >= 15 is 0 Å². The molecule has 2 aliphatic carbocycles. The summed E-state index contributed by atoms with van der Waals surface area (Å²) >= 11 is 0. The Hall–Kier alpha value is -0.300. The minimum Gasteiger partial charge on any atom is -0.377 e. The fraction of sp³-hybridized carbons (Fsp3) is 0.824. The van der Waals surface area contributed by atoms with E-state index in [2.05, 4.69) is 21.7 Å². The molecule has 0 unspecified atom stereocenters. The average molecular weight is 419 g/mol. The number of halogens is 1. The fourth-order valence-electron chi connectivity index (χ4n) is 3.34. The zero-order chi connectivity index (χ0) is 14.5. The lowest BCUT2D eigenvalue weighted by atomic mass is 9.98. The summed E-state index contributed by atoms with van der Waals surface area (Å²) in [6.45, 7) is 3.73. The minimum absolute atomic E-state index is 0. The summed E-state index contributed by atoms with van der Waals surface area (Å²) in [4.78, 5) is 4.35. The van der Waals surface area contributed by atoms with Gasteiger partial charge in [0.15, 0.2) is 5.96 Å². The van der Waals surface area contributed by atoms with E-state index in [1.165, 1.54) is 31.3 Å². The van der Waals surface area contributed by atoms with Crippen LogP contribution in [-0.4, -0.2) is 39.3 Å². The predicted octanol–water partition coefficient (Wildman–Crippen LogP) is 2.94. The van der Waals surface area contributed by atoms with E-state index in [1.54, 1.807) is 0 Å². The summed E-state index contributed by atoms with van der Waals surface area (Å²) in [6.07, 6.45) is 10.2. The molecule has 3 aliphatic rings. The van der Waals surface area contributed by atoms with E-state index in [0.29, 0.717) is 0 Å². The van der Waals surface area contributed by atoms with Gasteiger partial charge in [-0.1, -0.05) is 11.6 Å². The Morgan fingerprint density at radius 3 is 2.55 bits per heavy atom. The van der Waals surface area contributed by atoms with Crippen LogP contribution in [0.1, 0.15) is 38.5 Å². The van der Waals surface area contributed by atoms with Crippen molar-refractivity contribution in [1.29, 1.82) is 0 Å². The van der Waals surface area contributed by atoms with Gasteiger partial charge < -0.3 is 15.4 Å². The molecule has 0 spiro atoms. The minimum atomic E-state index is 0. The molecule has 0 bridgehead atoms. The van der Waals surface area contributed by atoms with Crippen molar-refractivity contribution in [3.63, 3.8) is 0 Å². The number of rotatable bonds is 7. The number of guanidine groups is 1. The van der Waals surface area contributed by atoms with Gasteiger partial charge in [0.05, 0.1) is 13.2 Å². The number of nitrogens with one attached hydrogen (secondary N) is 2. The molecule has 3 rings (SSSR count). The third-order valence-electron chi connectivity index (χ3n) is 4.98. The average Bonchev–Trinajstić information content (AvgIpc) is 3.39. The first-order valence-electron chi connectivity index (χ1n) is 8.57. The third kappa shape index (κ3) is 5.72. The molecule has 0 saturated heterocycles. The normalized spacial score (nSPS) is 22.1. The van der Waals surface area contributed by atoms with Gasteiger partial charge in [-0.3, -0.25) is 4.99 Å². The molecule has 2 saturated carbocycles. The standard InChI is InChI=1S/C17H29N3O.HI/c1-18-17(19-9-6-13-7-10-21-11-8-13)20-12-16(14-2-3-14)15-4-5-15;/h7,14-16H,2-6,8-12H2,1H3,(H2,18,19,20);1H. The van der Waals surface area contributed by atoms with E-state index in [1.807, 2.05) is 7.05 Å². The van der Waals surface area contributed by atoms with Gasteiger partial charge in [-0.25, -0.2) is 0 Å². The lowest BCUT2D eigenvalue weighted by Crippen LogP contribution is -2.41. The van der Waals surface area contributed by atoms with E-state index in [0.717, 1.165) is 62.9 Å². The van der Waals surface area contributed by atoms with E-state index in [-0.39, 0.29) is 24.0 Å². The molecule has 0 amide bonds. The Kier molecular flexibility index (Phi) is 7.47. The van der Waals surface area contributed by atoms with E-state index in [9.17, 15) is 0 Å². The first-order valence-corrected chi connectivity index (χ1v) is 8.57. The summed E-state index contributed by atoms with van der Waals surface area (Å²) in [5, 5.41) is 6.99. The SMILES string of the molecule is CN=C(NCCC1=CCOCC1)NCC(C1CC1)C1CC1.I. The molecular formula is C17H30IN3O. The highest BCUT2D eigenvalue weighted by Gasteiger charge is 2.41. The molecule has 2 fully saturated rings. The van der Waals surface area contributed by atoms with Crippen LogP contribution in [0.3, 0.4) is 0 Å². The second-order valence-electron chi connectivity index (χ2n) is 6.66. The van der Waals surface area contributed by atoms with Crippen molar-refractivity contribution in [1.82, 2.24) is 10.6 Å². The molecule has 2 N–H and O–H groups in total. The van der Waals surface area contributed by atoms with Gasteiger partial charge in [0, 0.05) is 20.1 Å². The van der Waals surface area contributed by atoms with Gasteiger partial charge in [0.1, 0.15) is 0 Å². The van der Waals surface area contributed by atoms with Crippen LogP contribution >= 0.6 is 24.0 Å². The van der Waals surface area contributed by atoms with Crippen LogP contribution in [0, 0.1) is 17.8 Å². The molecule has 1 heterocycles. The predicted molar refractivity (Wildman–Crippen MR) is 102 cm³/mol. The number of aliphatic imine (C=N–C) groups is 1. The smallest absolute Gasteiger partial charge is 0.190 e. The summed E-state index contributed by atoms with van der Waals surface area (Å²) < 4.78 is 5.34. The van der Waals surface area contributed by atoms with Crippen molar-refractivity contribution in [2.75, 3.05) is 33.4 Å². The first-order chi connectivity index (χ1) is 10.4. The van der Waals surface area contributed by atoms with Gasteiger partial charge in [0.2, 0.25) is 0 Å². The molecule has 126 valence electrons. The molecular weight excluding hydrogens is 389 g/mol. The molecule has 0 atom stereocenters. The Morgan fingerprint density at radius 1 is 1.27 bits per heavy atom. The summed E-state index contributed by atoms with van der Waals surface area (Å²) in [6, 6.07) is 0. The Morgan fingerprint density at radius 2 is 2.00 bits per heavy atom. The molecule has 1 aliphatic heterocycles. The second kappa shape index (κ2) is 9.11. The van der Waals surface area contributed by atoms with Crippen LogP contribution in [0.15, 0.2) is 16.6 Å². The highest BCUT2D eigenvalue weighted by Crippen LogP contribution is 2.48. The maximum atomic E-state index is 5.34. The van der Waals surface area contributed by atoms with Crippen molar-refractivity contribution < 1.29 is 4.74 Å². The monoisotopic (exact) mass is 419 g/mol. The molecule has 0 aromatic rings. The first kappa shape index (κ1) is 18.0. The topological polar surface area (TPSA) is 45.7 Å². The molecule has 0 radical (unpaired) electrons. The molecule has 22 heavy (non-hydrogen) atoms. The third-order valence-corrected chi connectivity index (χ3v) is 4.98. The lowest BCUT2D eigenvalue weighted by Gasteiger charge is -2.19. The number of ether oxygens (including phenoxy) is 1. The molecule has 0 aromatic heterocycles. The van der Waals surface area contributed by atoms with Crippen LogP contribution in [0.5, 0.6) is 0 Å². The van der Waals surface area contributed by atoms with Crippen LogP contribution in [0.2, 0.25) is 0 Å². The molecule has 4 nitrogen and oxygen atoms in total. The van der Waals surface area contributed by atoms with Gasteiger partial charge in [-0.05, 0) is 56.3 Å². The zero-order valence-corrected chi connectivity index (χ0v) is 16.0. The van der Waals surface area contributed by atoms with Gasteiger partial charge >= 0.3 is 0 Å². The maximum absolute atomic E-state index is 5.34. The van der Waals surface area contributed by atoms with Crippen molar-refractivity contribution in [2.24, 2.45) is 22.7 Å². The van der Waals surface area contributed by atoms with Crippen molar-refractivity contribution >= 4 is 29.9 Å². The van der Waals surface area contributed by atoms with Crippen LogP contribution in [-0.2, 0) is 4.74 Å². The summed E-state index contributed by atoms with van der Waals surface area (Å²) in [5.74, 6) is 3.85. The quantitative estimate of drug-likeness (QED) is 0.289. The number of hydrogen-bond acceptors (Lipinski definition) is 2. The van der Waals surface area contributed by atoms with Crippen molar-refractivity contribution in [3.05, 3.63) is 11.6 Å². The summed E-state index contributed by atoms with van der Waals surface area (Å²) in [5.41, 5.74) is 1.51. The molecule has 0 aromatic carbocycles. The van der Waals surface area contributed by atoms with Crippen LogP contribution in [0.25, 0.3) is 0 Å². The van der Waals surface area contributed by atoms with Crippen molar-refractivity contribution in [2.45, 2.75) is 38.5 Å². The van der Waals surface area contributed by atoms with Gasteiger partial charge in [-0.2, -0.15) is 0 Å². The maximum Gasteiger partial charge on any atom is 0.190 e. The van der Waals surface area contributed by atoms with Gasteiger partial charge in [-0.15, -0.1) is 24.0 Å². The molecule has 5 heteroatoms. The highest BCUT2D eigenvalue weighted by molar-refractivity contribution is 14.0. The lowest BCUT2D eigenvalue weighted by molar-refractivity contribution is 0.153. The van der Waals surface area contributed by atoms with Crippen LogP contribution < -0.4 is 10.6 Å². The summed E-state index contributed by atoms with van der Waals surface area (Å²) in [7, 11) is 1.87. The zero-order valence-electron chi connectivity index (χ0n) is 13.6. The fourth-order valence-corrected chi connectivity index (χ4v) is 3.34. The van der Waals surface area contributed by atoms with Gasteiger partial charge in [0.25, 0.3) is 0 Å². The second-order valence-corrected chi connectivity index (χ2v) is 6.66. The largest absolute Gasteiger partial charge is 0.377 e. The Balaban J connectivity index is 0.00000176. The number of hydrogen-bond donors (Lipinski definition) is 2. The van der Waals surface area contributed by atoms with E-state index in [4.69, 9.17) is 4.74 Å².